The van der Waals surface area contributed by atoms with Gasteiger partial charge in [0.15, 0.2) is 12.3 Å². The van der Waals surface area contributed by atoms with Crippen molar-refractivity contribution in [2.24, 2.45) is 5.92 Å². The lowest BCUT2D eigenvalue weighted by atomic mass is 10.0. The molecule has 2 amide bonds. The van der Waals surface area contributed by atoms with E-state index in [9.17, 15) is 14.9 Å². The van der Waals surface area contributed by atoms with E-state index in [0.29, 0.717) is 13.0 Å². The van der Waals surface area contributed by atoms with Gasteiger partial charge in [0, 0.05) is 12.6 Å². The standard InChI is InChI=1S/C18H23N3O3/c1-13(2)10-16(17(22)21(12-19)15-8-9-15)24-18(23)20-11-14-6-4-3-5-7-14/h3-7,13,15-16H,8-11H2,1-2H3,(H,20,23). The van der Waals surface area contributed by atoms with Crippen LogP contribution in [-0.4, -0.2) is 29.0 Å². The number of carbonyl (C=O) groups is 2. The quantitative estimate of drug-likeness (QED) is 0.616. The molecule has 0 saturated heterocycles. The summed E-state index contributed by atoms with van der Waals surface area (Å²) < 4.78 is 5.31. The Labute approximate surface area is 142 Å². The predicted molar refractivity (Wildman–Crippen MR) is 88.5 cm³/mol. The second-order valence-electron chi connectivity index (χ2n) is 6.40. The van der Waals surface area contributed by atoms with Crippen LogP contribution in [0.25, 0.3) is 0 Å². The number of benzene rings is 1. The number of nitrogens with zero attached hydrogens (tertiary/aromatic N) is 2. The van der Waals surface area contributed by atoms with Crippen molar-refractivity contribution in [2.45, 2.75) is 51.8 Å². The van der Waals surface area contributed by atoms with Crippen LogP contribution in [0.3, 0.4) is 0 Å². The summed E-state index contributed by atoms with van der Waals surface area (Å²) in [6.45, 7) is 4.21. The number of rotatable bonds is 7. The van der Waals surface area contributed by atoms with Gasteiger partial charge in [-0.2, -0.15) is 5.26 Å². The summed E-state index contributed by atoms with van der Waals surface area (Å²) in [5, 5.41) is 11.8. The minimum atomic E-state index is -0.930. The van der Waals surface area contributed by atoms with E-state index in [2.05, 4.69) is 5.32 Å². The smallest absolute Gasteiger partial charge is 0.408 e. The Hall–Kier alpha value is -2.55. The van der Waals surface area contributed by atoms with Gasteiger partial charge in [0.05, 0.1) is 0 Å². The number of carbonyl (C=O) groups excluding carboxylic acids is 2. The van der Waals surface area contributed by atoms with Gasteiger partial charge in [-0.15, -0.1) is 0 Å². The summed E-state index contributed by atoms with van der Waals surface area (Å²) in [5.74, 6) is -0.260. The van der Waals surface area contributed by atoms with Gasteiger partial charge in [0.2, 0.25) is 0 Å². The highest BCUT2D eigenvalue weighted by atomic mass is 16.6. The molecule has 0 spiro atoms. The van der Waals surface area contributed by atoms with E-state index in [0.717, 1.165) is 23.3 Å². The molecule has 0 radical (unpaired) electrons. The van der Waals surface area contributed by atoms with Crippen molar-refractivity contribution in [1.29, 1.82) is 5.26 Å². The molecule has 1 N–H and O–H groups in total. The van der Waals surface area contributed by atoms with E-state index in [1.165, 1.54) is 0 Å². The normalized spacial score (nSPS) is 14.6. The maximum atomic E-state index is 12.5. The number of alkyl carbamates (subject to hydrolysis) is 1. The van der Waals surface area contributed by atoms with E-state index >= 15 is 0 Å². The van der Waals surface area contributed by atoms with Crippen LogP contribution in [-0.2, 0) is 16.1 Å². The number of hydrogen-bond donors (Lipinski definition) is 1. The highest BCUT2D eigenvalue weighted by molar-refractivity contribution is 5.85. The molecule has 1 saturated carbocycles. The van der Waals surface area contributed by atoms with Crippen LogP contribution < -0.4 is 5.32 Å². The summed E-state index contributed by atoms with van der Waals surface area (Å²) in [4.78, 5) is 25.7. The van der Waals surface area contributed by atoms with Gasteiger partial charge in [0.25, 0.3) is 5.91 Å². The fourth-order valence-corrected chi connectivity index (χ4v) is 2.37. The maximum absolute atomic E-state index is 12.5. The van der Waals surface area contributed by atoms with E-state index in [1.807, 2.05) is 50.4 Å². The fraction of sp³-hybridized carbons (Fsp3) is 0.500. The van der Waals surface area contributed by atoms with Crippen molar-refractivity contribution in [3.8, 4) is 6.19 Å². The molecule has 1 aliphatic carbocycles. The molecule has 24 heavy (non-hydrogen) atoms. The SMILES string of the molecule is CC(C)CC(OC(=O)NCc1ccccc1)C(=O)N(C#N)C1CC1. The third-order valence-electron chi connectivity index (χ3n) is 3.75. The van der Waals surface area contributed by atoms with Crippen LogP contribution in [0.4, 0.5) is 4.79 Å². The van der Waals surface area contributed by atoms with Gasteiger partial charge < -0.3 is 10.1 Å². The predicted octanol–water partition coefficient (Wildman–Crippen LogP) is 2.80. The largest absolute Gasteiger partial charge is 0.436 e. The highest BCUT2D eigenvalue weighted by Crippen LogP contribution is 2.27. The van der Waals surface area contributed by atoms with E-state index < -0.39 is 18.1 Å². The minimum Gasteiger partial charge on any atom is -0.436 e. The monoisotopic (exact) mass is 329 g/mol. The van der Waals surface area contributed by atoms with Crippen molar-refractivity contribution in [3.63, 3.8) is 0 Å². The third kappa shape index (κ3) is 5.27. The van der Waals surface area contributed by atoms with Gasteiger partial charge >= 0.3 is 6.09 Å². The Morgan fingerprint density at radius 1 is 1.33 bits per heavy atom. The summed E-state index contributed by atoms with van der Waals surface area (Å²) in [5.41, 5.74) is 0.942. The van der Waals surface area contributed by atoms with Crippen molar-refractivity contribution in [1.82, 2.24) is 10.2 Å². The van der Waals surface area contributed by atoms with Crippen LogP contribution in [0, 0.1) is 17.4 Å². The summed E-state index contributed by atoms with van der Waals surface area (Å²) in [6, 6.07) is 9.41. The maximum Gasteiger partial charge on any atom is 0.408 e. The second kappa shape index (κ2) is 8.34. The average Bonchev–Trinajstić information content (AvgIpc) is 3.38. The first kappa shape index (κ1) is 17.8. The van der Waals surface area contributed by atoms with Crippen LogP contribution >= 0.6 is 0 Å². The number of ether oxygens (including phenoxy) is 1. The molecule has 6 heteroatoms. The van der Waals surface area contributed by atoms with Gasteiger partial charge in [-0.25, -0.2) is 9.69 Å². The van der Waals surface area contributed by atoms with Gasteiger partial charge in [0.1, 0.15) is 0 Å². The molecule has 2 rings (SSSR count). The first-order chi connectivity index (χ1) is 11.5. The number of nitrogens with one attached hydrogen (secondary N) is 1. The van der Waals surface area contributed by atoms with Crippen molar-refractivity contribution < 1.29 is 14.3 Å². The lowest BCUT2D eigenvalue weighted by Gasteiger charge is -2.23. The molecule has 0 heterocycles. The second-order valence-corrected chi connectivity index (χ2v) is 6.40. The van der Waals surface area contributed by atoms with E-state index in [4.69, 9.17) is 4.74 Å². The Morgan fingerprint density at radius 2 is 2.00 bits per heavy atom. The first-order valence-corrected chi connectivity index (χ1v) is 8.22. The zero-order valence-electron chi connectivity index (χ0n) is 14.1. The van der Waals surface area contributed by atoms with Crippen molar-refractivity contribution in [3.05, 3.63) is 35.9 Å². The summed E-state index contributed by atoms with van der Waals surface area (Å²) in [6.07, 6.45) is 2.39. The molecular formula is C18H23N3O3. The Morgan fingerprint density at radius 3 is 2.54 bits per heavy atom. The van der Waals surface area contributed by atoms with Crippen LogP contribution in [0.1, 0.15) is 38.7 Å². The number of hydrogen-bond acceptors (Lipinski definition) is 4. The van der Waals surface area contributed by atoms with Gasteiger partial charge in [-0.3, -0.25) is 4.79 Å². The Bertz CT molecular complexity index is 606. The molecule has 0 aliphatic heterocycles. The minimum absolute atomic E-state index is 0.0341. The fourth-order valence-electron chi connectivity index (χ4n) is 2.37. The zero-order chi connectivity index (χ0) is 17.5. The molecule has 0 bridgehead atoms. The molecule has 1 atom stereocenters. The third-order valence-corrected chi connectivity index (χ3v) is 3.75. The molecular weight excluding hydrogens is 306 g/mol. The van der Waals surface area contributed by atoms with Gasteiger partial charge in [-0.05, 0) is 30.7 Å². The molecule has 1 fully saturated rings. The van der Waals surface area contributed by atoms with Crippen LogP contribution in [0.15, 0.2) is 30.3 Å². The topological polar surface area (TPSA) is 82.4 Å². The van der Waals surface area contributed by atoms with Crippen molar-refractivity contribution in [2.75, 3.05) is 0 Å². The zero-order valence-corrected chi connectivity index (χ0v) is 14.1. The molecule has 0 aromatic heterocycles. The number of amides is 2. The summed E-state index contributed by atoms with van der Waals surface area (Å²) in [7, 11) is 0. The molecule has 128 valence electrons. The molecule has 1 aromatic carbocycles. The molecule has 6 nitrogen and oxygen atoms in total. The molecule has 1 aromatic rings. The highest BCUT2D eigenvalue weighted by Gasteiger charge is 2.38. The lowest BCUT2D eigenvalue weighted by Crippen LogP contribution is -2.42. The Kier molecular flexibility index (Phi) is 6.19. The number of nitriles is 1. The summed E-state index contributed by atoms with van der Waals surface area (Å²) >= 11 is 0. The van der Waals surface area contributed by atoms with Gasteiger partial charge in [-0.1, -0.05) is 44.2 Å². The van der Waals surface area contributed by atoms with Crippen LogP contribution in [0.5, 0.6) is 0 Å². The average molecular weight is 329 g/mol. The van der Waals surface area contributed by atoms with E-state index in [1.54, 1.807) is 0 Å². The molecule has 1 unspecified atom stereocenters. The first-order valence-electron chi connectivity index (χ1n) is 8.22. The molecule has 1 aliphatic rings. The van der Waals surface area contributed by atoms with Crippen LogP contribution in [0.2, 0.25) is 0 Å². The Balaban J connectivity index is 1.93. The lowest BCUT2D eigenvalue weighted by molar-refractivity contribution is -0.138. The van der Waals surface area contributed by atoms with Crippen molar-refractivity contribution >= 4 is 12.0 Å². The van der Waals surface area contributed by atoms with E-state index in [-0.39, 0.29) is 12.0 Å².